The molecule has 0 heterocycles. The zero-order chi connectivity index (χ0) is 38.8. The summed E-state index contributed by atoms with van der Waals surface area (Å²) >= 11 is 0. The van der Waals surface area contributed by atoms with E-state index in [1.807, 2.05) is 0 Å². The molecule has 0 saturated heterocycles. The number of benzene rings is 2. The molecule has 0 amide bonds. The summed E-state index contributed by atoms with van der Waals surface area (Å²) in [4.78, 5) is 0. The summed E-state index contributed by atoms with van der Waals surface area (Å²) in [6.07, 6.45) is 40.6. The second-order valence-electron chi connectivity index (χ2n) is 20.3. The largest absolute Gasteiger partial charge is 0.0885 e. The Morgan fingerprint density at radius 2 is 1.22 bits per heavy atom. The van der Waals surface area contributed by atoms with Crippen molar-refractivity contribution in [3.05, 3.63) is 156 Å². The number of fused-ring (bicyclic) bond motifs is 4. The van der Waals surface area contributed by atoms with Crippen molar-refractivity contribution in [1.29, 1.82) is 0 Å². The lowest BCUT2D eigenvalue weighted by Gasteiger charge is -2.51. The monoisotopic (exact) mass is 733 g/mol. The molecule has 5 aliphatic carbocycles. The SMILES string of the molecule is CCC(CCC/C=C/CC1CCC2C=CC=CC21)CC(C)C(c1ccccc1)(c1ccccc1)C1C2C=C(C(C)(C)C)C=CC2C2C=CC(C(C)(C)C)=CC21. The maximum Gasteiger partial charge on any atom is 0.0268 e. The van der Waals surface area contributed by atoms with E-state index < -0.39 is 0 Å². The first-order chi connectivity index (χ1) is 26.4. The first-order valence-electron chi connectivity index (χ1n) is 22.3. The fraction of sp³-hybridized carbons (Fsp3) is 0.527. The predicted octanol–water partition coefficient (Wildman–Crippen LogP) is 15.1. The molecular weight excluding hydrogens is 661 g/mol. The van der Waals surface area contributed by atoms with Gasteiger partial charge in [-0.05, 0) is 131 Å². The smallest absolute Gasteiger partial charge is 0.0268 e. The molecule has 5 aliphatic rings. The minimum atomic E-state index is -0.143. The zero-order valence-electron chi connectivity index (χ0n) is 35.6. The van der Waals surface area contributed by atoms with Gasteiger partial charge in [-0.2, -0.15) is 0 Å². The molecule has 0 spiro atoms. The van der Waals surface area contributed by atoms with Crippen LogP contribution in [-0.2, 0) is 5.41 Å². The molecule has 2 aromatic rings. The van der Waals surface area contributed by atoms with Gasteiger partial charge in [0.05, 0.1) is 0 Å². The van der Waals surface area contributed by atoms with Crippen molar-refractivity contribution < 1.29 is 0 Å². The number of rotatable bonds is 13. The molecule has 55 heavy (non-hydrogen) atoms. The van der Waals surface area contributed by atoms with Crippen LogP contribution in [0.5, 0.6) is 0 Å². The number of unbranched alkanes of at least 4 members (excludes halogenated alkanes) is 1. The third-order valence-electron chi connectivity index (χ3n) is 15.0. The average Bonchev–Trinajstić information content (AvgIpc) is 3.74. The highest BCUT2D eigenvalue weighted by Gasteiger charge is 2.59. The maximum atomic E-state index is 2.76. The van der Waals surface area contributed by atoms with Crippen molar-refractivity contribution in [2.24, 2.45) is 70.0 Å². The number of allylic oxidation sites excluding steroid dienone is 14. The van der Waals surface area contributed by atoms with Gasteiger partial charge in [-0.15, -0.1) is 0 Å². The highest BCUT2D eigenvalue weighted by molar-refractivity contribution is 5.48. The molecule has 2 aromatic carbocycles. The molecule has 2 saturated carbocycles. The Morgan fingerprint density at radius 3 is 1.76 bits per heavy atom. The van der Waals surface area contributed by atoms with Crippen LogP contribution in [0.25, 0.3) is 0 Å². The van der Waals surface area contributed by atoms with Gasteiger partial charge in [-0.25, -0.2) is 0 Å². The molecule has 0 heteroatoms. The van der Waals surface area contributed by atoms with Gasteiger partial charge in [0.1, 0.15) is 0 Å². The Balaban J connectivity index is 1.22. The summed E-state index contributed by atoms with van der Waals surface area (Å²) in [6.45, 7) is 19.5. The summed E-state index contributed by atoms with van der Waals surface area (Å²) < 4.78 is 0. The van der Waals surface area contributed by atoms with Crippen molar-refractivity contribution in [3.8, 4) is 0 Å². The Kier molecular flexibility index (Phi) is 12.0. The molecule has 0 bridgehead atoms. The first kappa shape index (κ1) is 39.8. The van der Waals surface area contributed by atoms with E-state index >= 15 is 0 Å². The van der Waals surface area contributed by atoms with E-state index in [0.29, 0.717) is 41.4 Å². The molecule has 292 valence electrons. The van der Waals surface area contributed by atoms with Crippen LogP contribution in [0.1, 0.15) is 118 Å². The van der Waals surface area contributed by atoms with E-state index in [-0.39, 0.29) is 16.2 Å². The van der Waals surface area contributed by atoms with Gasteiger partial charge in [-0.3, -0.25) is 0 Å². The van der Waals surface area contributed by atoms with Crippen LogP contribution in [0, 0.1) is 70.0 Å². The van der Waals surface area contributed by atoms with Crippen molar-refractivity contribution in [2.45, 2.75) is 112 Å². The highest BCUT2D eigenvalue weighted by atomic mass is 14.6. The quantitative estimate of drug-likeness (QED) is 0.142. The van der Waals surface area contributed by atoms with Crippen LogP contribution in [0.4, 0.5) is 0 Å². The number of hydrogen-bond donors (Lipinski definition) is 0. The first-order valence-corrected chi connectivity index (χ1v) is 22.3. The normalized spacial score (nSPS) is 29.8. The van der Waals surface area contributed by atoms with Crippen LogP contribution in [0.2, 0.25) is 0 Å². The van der Waals surface area contributed by atoms with Crippen molar-refractivity contribution >= 4 is 0 Å². The lowest BCUT2D eigenvalue weighted by molar-refractivity contribution is 0.141. The molecular formula is C55H72. The standard InChI is InChI=1S/C55H72/c1-9-40(22-14-10-11-15-23-41-30-31-42-24-20-21-29-47(41)42)36-39(2)55(43-25-16-12-17-26-43,44-27-18-13-19-28-44)52-50-37-45(53(3,4)5)32-34-48(50)49-35-33-46(38-51(49)52)54(6,7)8/h11-13,15-21,24-29,32-35,37-42,47-52H,9-10,14,22-23,30-31,36H2,1-8H3/b15-11+. The molecule has 0 N–H and O–H groups in total. The lowest BCUT2D eigenvalue weighted by atomic mass is 9.52. The molecule has 0 nitrogen and oxygen atoms in total. The van der Waals surface area contributed by atoms with Gasteiger partial charge < -0.3 is 0 Å². The Bertz CT molecular complexity index is 1700. The molecule has 0 radical (unpaired) electrons. The molecule has 2 fully saturated rings. The average molecular weight is 733 g/mol. The Morgan fingerprint density at radius 1 is 0.655 bits per heavy atom. The van der Waals surface area contributed by atoms with E-state index in [1.165, 1.54) is 73.6 Å². The second kappa shape index (κ2) is 16.6. The van der Waals surface area contributed by atoms with E-state index in [2.05, 4.69) is 189 Å². The van der Waals surface area contributed by atoms with Crippen LogP contribution in [0.3, 0.4) is 0 Å². The van der Waals surface area contributed by atoms with Crippen LogP contribution in [0.15, 0.2) is 145 Å². The molecule has 0 aromatic heterocycles. The fourth-order valence-electron chi connectivity index (χ4n) is 12.1. The molecule has 9 atom stereocenters. The predicted molar refractivity (Wildman–Crippen MR) is 238 cm³/mol. The van der Waals surface area contributed by atoms with Crippen molar-refractivity contribution in [1.82, 2.24) is 0 Å². The topological polar surface area (TPSA) is 0 Å². The van der Waals surface area contributed by atoms with Gasteiger partial charge in [0.25, 0.3) is 0 Å². The van der Waals surface area contributed by atoms with E-state index in [1.54, 1.807) is 0 Å². The van der Waals surface area contributed by atoms with Gasteiger partial charge in [0.2, 0.25) is 0 Å². The van der Waals surface area contributed by atoms with Crippen molar-refractivity contribution in [2.75, 3.05) is 0 Å². The number of hydrogen-bond acceptors (Lipinski definition) is 0. The summed E-state index contributed by atoms with van der Waals surface area (Å²) in [5, 5.41) is 0. The van der Waals surface area contributed by atoms with Crippen LogP contribution < -0.4 is 0 Å². The highest BCUT2D eigenvalue weighted by Crippen LogP contribution is 2.64. The third-order valence-corrected chi connectivity index (χ3v) is 15.0. The van der Waals surface area contributed by atoms with Crippen molar-refractivity contribution in [3.63, 3.8) is 0 Å². The fourth-order valence-corrected chi connectivity index (χ4v) is 12.1. The van der Waals surface area contributed by atoms with Crippen LogP contribution >= 0.6 is 0 Å². The van der Waals surface area contributed by atoms with Gasteiger partial charge in [0.15, 0.2) is 0 Å². The second-order valence-corrected chi connectivity index (χ2v) is 20.3. The zero-order valence-corrected chi connectivity index (χ0v) is 35.6. The van der Waals surface area contributed by atoms with E-state index in [9.17, 15) is 0 Å². The van der Waals surface area contributed by atoms with E-state index in [4.69, 9.17) is 0 Å². The lowest BCUT2D eigenvalue weighted by Crippen LogP contribution is -2.48. The molecule has 7 rings (SSSR count). The maximum absolute atomic E-state index is 2.76. The van der Waals surface area contributed by atoms with Gasteiger partial charge >= 0.3 is 0 Å². The minimum absolute atomic E-state index is 0.112. The third kappa shape index (κ3) is 8.09. The summed E-state index contributed by atoms with van der Waals surface area (Å²) in [7, 11) is 0. The molecule has 0 aliphatic heterocycles. The van der Waals surface area contributed by atoms with Gasteiger partial charge in [0, 0.05) is 5.41 Å². The summed E-state index contributed by atoms with van der Waals surface area (Å²) in [5.41, 5.74) is 6.10. The Hall–Kier alpha value is -3.38. The minimum Gasteiger partial charge on any atom is -0.0885 e. The van der Waals surface area contributed by atoms with E-state index in [0.717, 1.165) is 17.8 Å². The summed E-state index contributed by atoms with van der Waals surface area (Å²) in [6, 6.07) is 23.7. The van der Waals surface area contributed by atoms with Gasteiger partial charge in [-0.1, -0.05) is 202 Å². The summed E-state index contributed by atoms with van der Waals surface area (Å²) in [5.74, 6) is 5.89. The molecule has 9 unspecified atom stereocenters. The van der Waals surface area contributed by atoms with Crippen LogP contribution in [-0.4, -0.2) is 0 Å². The Labute approximate surface area is 336 Å².